The summed E-state index contributed by atoms with van der Waals surface area (Å²) in [5, 5.41) is 0. The van der Waals surface area contributed by atoms with Crippen LogP contribution in [0.25, 0.3) is 0 Å². The van der Waals surface area contributed by atoms with Gasteiger partial charge in [-0.1, -0.05) is 12.2 Å². The van der Waals surface area contributed by atoms with Crippen LogP contribution in [0.5, 0.6) is 0 Å². The minimum Gasteiger partial charge on any atom is -0.466 e. The summed E-state index contributed by atoms with van der Waals surface area (Å²) in [5.41, 5.74) is 1.26. The van der Waals surface area contributed by atoms with Gasteiger partial charge in [-0.3, -0.25) is 0 Å². The Morgan fingerprint density at radius 3 is 3.11 bits per heavy atom. The van der Waals surface area contributed by atoms with E-state index in [0.717, 1.165) is 43.6 Å². The fraction of sp³-hybridized carbons (Fsp3) is 0.600. The van der Waals surface area contributed by atoms with E-state index in [1.807, 2.05) is 0 Å². The van der Waals surface area contributed by atoms with Gasteiger partial charge in [-0.25, -0.2) is 0 Å². The lowest BCUT2D eigenvalue weighted by Crippen LogP contribution is -2.13. The summed E-state index contributed by atoms with van der Waals surface area (Å²) in [4.78, 5) is 0. The number of furan rings is 1. The first kappa shape index (κ1) is 13.4. The number of hydrogen-bond acceptors (Lipinski definition) is 3. The Morgan fingerprint density at radius 1 is 1.39 bits per heavy atom. The lowest BCUT2D eigenvalue weighted by molar-refractivity contribution is -0.0576. The van der Waals surface area contributed by atoms with E-state index in [1.54, 1.807) is 7.11 Å². The summed E-state index contributed by atoms with van der Waals surface area (Å²) in [6.07, 6.45) is 9.56. The molecule has 100 valence electrons. The number of hydrogen-bond donors (Lipinski definition) is 0. The zero-order valence-electron chi connectivity index (χ0n) is 11.3. The van der Waals surface area contributed by atoms with Gasteiger partial charge in [-0.15, -0.1) is 0 Å². The van der Waals surface area contributed by atoms with Crippen LogP contribution >= 0.6 is 0 Å². The van der Waals surface area contributed by atoms with E-state index in [0.29, 0.717) is 6.79 Å². The van der Waals surface area contributed by atoms with Crippen molar-refractivity contribution in [3.8, 4) is 0 Å². The van der Waals surface area contributed by atoms with Crippen LogP contribution in [-0.2, 0) is 22.3 Å². The average molecular weight is 250 g/mol. The molecule has 3 heteroatoms. The van der Waals surface area contributed by atoms with Crippen molar-refractivity contribution < 1.29 is 13.9 Å². The monoisotopic (exact) mass is 250 g/mol. The van der Waals surface area contributed by atoms with Gasteiger partial charge >= 0.3 is 0 Å². The number of rotatable bonds is 3. The van der Waals surface area contributed by atoms with E-state index in [2.05, 4.69) is 25.1 Å². The molecule has 0 saturated heterocycles. The van der Waals surface area contributed by atoms with Crippen molar-refractivity contribution in [3.63, 3.8) is 0 Å². The Balaban J connectivity index is 2.04. The number of allylic oxidation sites excluding steroid dienone is 1. The third-order valence-electron chi connectivity index (χ3n) is 3.27. The number of ether oxygens (including phenoxy) is 2. The zero-order chi connectivity index (χ0) is 12.8. The molecule has 1 atom stereocenters. The van der Waals surface area contributed by atoms with Crippen LogP contribution in [0.1, 0.15) is 36.3 Å². The van der Waals surface area contributed by atoms with Gasteiger partial charge in [0.05, 0.1) is 6.10 Å². The number of aryl methyl sites for hydroxylation is 3. The van der Waals surface area contributed by atoms with Crippen LogP contribution in [-0.4, -0.2) is 20.0 Å². The Bertz CT molecular complexity index is 392. The Morgan fingerprint density at radius 2 is 2.28 bits per heavy atom. The number of fused-ring (bicyclic) bond motifs is 2. The van der Waals surface area contributed by atoms with Gasteiger partial charge in [0.15, 0.2) is 0 Å². The second-order valence-corrected chi connectivity index (χ2v) is 4.79. The Hall–Kier alpha value is -1.06. The third kappa shape index (κ3) is 3.72. The molecule has 0 radical (unpaired) electrons. The van der Waals surface area contributed by atoms with Crippen LogP contribution in [0.3, 0.4) is 0 Å². The fourth-order valence-electron chi connectivity index (χ4n) is 2.27. The smallest absolute Gasteiger partial charge is 0.147 e. The van der Waals surface area contributed by atoms with Crippen LogP contribution in [0, 0.1) is 6.92 Å². The molecule has 2 bridgehead atoms. The predicted molar refractivity (Wildman–Crippen MR) is 70.6 cm³/mol. The van der Waals surface area contributed by atoms with Crippen molar-refractivity contribution in [2.75, 3.05) is 13.9 Å². The first-order valence-corrected chi connectivity index (χ1v) is 6.65. The second kappa shape index (κ2) is 6.76. The van der Waals surface area contributed by atoms with Crippen molar-refractivity contribution in [2.45, 2.75) is 45.1 Å². The molecule has 1 aromatic rings. The van der Waals surface area contributed by atoms with Gasteiger partial charge < -0.3 is 13.9 Å². The molecule has 0 N–H and O–H groups in total. The van der Waals surface area contributed by atoms with Gasteiger partial charge in [-0.2, -0.15) is 0 Å². The highest BCUT2D eigenvalue weighted by Gasteiger charge is 2.12. The quantitative estimate of drug-likeness (QED) is 0.608. The summed E-state index contributed by atoms with van der Waals surface area (Å²) in [7, 11) is 1.65. The van der Waals surface area contributed by atoms with Crippen LogP contribution in [0.15, 0.2) is 22.6 Å². The maximum atomic E-state index is 5.88. The van der Waals surface area contributed by atoms with Gasteiger partial charge in [0.25, 0.3) is 0 Å². The molecule has 18 heavy (non-hydrogen) atoms. The summed E-state index contributed by atoms with van der Waals surface area (Å²) in [6.45, 7) is 2.46. The zero-order valence-corrected chi connectivity index (χ0v) is 11.3. The molecule has 2 rings (SSSR count). The Labute approximate surface area is 109 Å². The van der Waals surface area contributed by atoms with Crippen molar-refractivity contribution in [1.82, 2.24) is 0 Å². The fourth-order valence-corrected chi connectivity index (χ4v) is 2.27. The normalized spacial score (nSPS) is 22.4. The maximum absolute atomic E-state index is 5.88. The molecular weight excluding hydrogens is 228 g/mol. The predicted octanol–water partition coefficient (Wildman–Crippen LogP) is 3.40. The van der Waals surface area contributed by atoms with Crippen LogP contribution in [0.2, 0.25) is 0 Å². The largest absolute Gasteiger partial charge is 0.466 e. The van der Waals surface area contributed by atoms with E-state index in [-0.39, 0.29) is 6.10 Å². The molecule has 0 spiro atoms. The highest BCUT2D eigenvalue weighted by atomic mass is 16.7. The van der Waals surface area contributed by atoms with Crippen molar-refractivity contribution in [3.05, 3.63) is 35.3 Å². The van der Waals surface area contributed by atoms with E-state index in [4.69, 9.17) is 13.9 Å². The highest BCUT2D eigenvalue weighted by molar-refractivity contribution is 5.20. The SMILES string of the molecule is COCOC1/C=C\CCCc2cc(C)c(o2)CC1. The highest BCUT2D eigenvalue weighted by Crippen LogP contribution is 2.20. The molecule has 0 aromatic carbocycles. The Kier molecular flexibility index (Phi) is 5.02. The van der Waals surface area contributed by atoms with Gasteiger partial charge in [0.2, 0.25) is 0 Å². The van der Waals surface area contributed by atoms with Crippen molar-refractivity contribution in [2.24, 2.45) is 0 Å². The van der Waals surface area contributed by atoms with E-state index in [1.165, 1.54) is 5.56 Å². The summed E-state index contributed by atoms with van der Waals surface area (Å²) in [6, 6.07) is 2.17. The minimum atomic E-state index is 0.121. The van der Waals surface area contributed by atoms with Crippen molar-refractivity contribution >= 4 is 0 Å². The van der Waals surface area contributed by atoms with Gasteiger partial charge in [-0.05, 0) is 37.8 Å². The maximum Gasteiger partial charge on any atom is 0.147 e. The average Bonchev–Trinajstić information content (AvgIpc) is 2.69. The molecule has 2 heterocycles. The molecule has 0 saturated carbocycles. The second-order valence-electron chi connectivity index (χ2n) is 4.79. The van der Waals surface area contributed by atoms with Crippen LogP contribution in [0.4, 0.5) is 0 Å². The molecule has 1 unspecified atom stereocenters. The molecule has 1 aliphatic rings. The lowest BCUT2D eigenvalue weighted by atomic mass is 10.1. The molecule has 0 aliphatic carbocycles. The van der Waals surface area contributed by atoms with Gasteiger partial charge in [0, 0.05) is 20.0 Å². The topological polar surface area (TPSA) is 31.6 Å². The van der Waals surface area contributed by atoms with E-state index >= 15 is 0 Å². The number of methoxy groups -OCH3 is 1. The third-order valence-corrected chi connectivity index (χ3v) is 3.27. The van der Waals surface area contributed by atoms with Gasteiger partial charge in [0.1, 0.15) is 18.3 Å². The van der Waals surface area contributed by atoms with E-state index in [9.17, 15) is 0 Å². The summed E-state index contributed by atoms with van der Waals surface area (Å²) < 4.78 is 16.5. The molecular formula is C15H22O3. The lowest BCUT2D eigenvalue weighted by Gasteiger charge is -2.13. The first-order chi connectivity index (χ1) is 8.79. The van der Waals surface area contributed by atoms with Crippen LogP contribution < -0.4 is 0 Å². The molecule has 0 amide bonds. The summed E-state index contributed by atoms with van der Waals surface area (Å²) in [5.74, 6) is 2.22. The molecule has 1 aromatic heterocycles. The first-order valence-electron chi connectivity index (χ1n) is 6.65. The molecule has 1 aliphatic heterocycles. The van der Waals surface area contributed by atoms with E-state index < -0.39 is 0 Å². The molecule has 3 nitrogen and oxygen atoms in total. The standard InChI is InChI=1S/C15H22O3/c1-12-10-14-7-5-3-4-6-13(17-11-16-2)8-9-15(12)18-14/h4,6,10,13H,3,5,7-9,11H2,1-2H3/b6-4-. The minimum absolute atomic E-state index is 0.121. The molecule has 0 fully saturated rings. The summed E-state index contributed by atoms with van der Waals surface area (Å²) >= 11 is 0. The van der Waals surface area contributed by atoms with Crippen molar-refractivity contribution in [1.29, 1.82) is 0 Å².